The van der Waals surface area contributed by atoms with E-state index in [2.05, 4.69) is 10.3 Å². The topological polar surface area (TPSA) is 62.2 Å². The molecule has 0 fully saturated rings. The van der Waals surface area contributed by atoms with Crippen molar-refractivity contribution in [2.24, 2.45) is 0 Å². The van der Waals surface area contributed by atoms with E-state index in [9.17, 15) is 18.0 Å². The Kier molecular flexibility index (Phi) is 4.11. The number of carboxylic acids is 1. The Labute approximate surface area is 118 Å². The molecule has 0 aliphatic carbocycles. The quantitative estimate of drug-likeness (QED) is 0.907. The van der Waals surface area contributed by atoms with E-state index < -0.39 is 17.7 Å². The average molecular weight is 296 g/mol. The summed E-state index contributed by atoms with van der Waals surface area (Å²) in [6.07, 6.45) is -3.33. The van der Waals surface area contributed by atoms with Gasteiger partial charge in [0.1, 0.15) is 5.82 Å². The van der Waals surface area contributed by atoms with Gasteiger partial charge in [-0.3, -0.25) is 0 Å². The molecule has 0 atom stereocenters. The SMILES string of the molecule is O=C(O)c1ccc(CNc2cc(C(F)(F)F)ccn2)cc1. The van der Waals surface area contributed by atoms with E-state index in [0.29, 0.717) is 0 Å². The van der Waals surface area contributed by atoms with E-state index in [-0.39, 0.29) is 17.9 Å². The molecule has 110 valence electrons. The molecule has 0 saturated carbocycles. The zero-order valence-corrected chi connectivity index (χ0v) is 10.7. The summed E-state index contributed by atoms with van der Waals surface area (Å²) < 4.78 is 37.6. The number of anilines is 1. The molecule has 0 aliphatic heterocycles. The fourth-order valence-electron chi connectivity index (χ4n) is 1.66. The van der Waals surface area contributed by atoms with Crippen molar-refractivity contribution >= 4 is 11.8 Å². The third-order valence-electron chi connectivity index (χ3n) is 2.76. The minimum atomic E-state index is -4.41. The van der Waals surface area contributed by atoms with Crippen molar-refractivity contribution in [2.75, 3.05) is 5.32 Å². The predicted octanol–water partition coefficient (Wildman–Crippen LogP) is 3.41. The van der Waals surface area contributed by atoms with Crippen molar-refractivity contribution in [1.82, 2.24) is 4.98 Å². The molecule has 0 saturated heterocycles. The van der Waals surface area contributed by atoms with Crippen LogP contribution in [0.15, 0.2) is 42.6 Å². The summed E-state index contributed by atoms with van der Waals surface area (Å²) in [5, 5.41) is 11.5. The molecule has 1 aromatic carbocycles. The van der Waals surface area contributed by atoms with Crippen molar-refractivity contribution in [3.05, 3.63) is 59.3 Å². The average Bonchev–Trinajstić information content (AvgIpc) is 2.45. The van der Waals surface area contributed by atoms with Gasteiger partial charge in [-0.1, -0.05) is 12.1 Å². The monoisotopic (exact) mass is 296 g/mol. The number of rotatable bonds is 4. The number of nitrogens with zero attached hydrogens (tertiary/aromatic N) is 1. The maximum atomic E-state index is 12.5. The summed E-state index contributed by atoms with van der Waals surface area (Å²) in [6, 6.07) is 7.85. The Balaban J connectivity index is 2.04. The predicted molar refractivity (Wildman–Crippen MR) is 70.0 cm³/mol. The van der Waals surface area contributed by atoms with Crippen LogP contribution in [0.25, 0.3) is 0 Å². The largest absolute Gasteiger partial charge is 0.478 e. The van der Waals surface area contributed by atoms with Crippen molar-refractivity contribution in [1.29, 1.82) is 0 Å². The first-order valence-electron chi connectivity index (χ1n) is 5.95. The van der Waals surface area contributed by atoms with Gasteiger partial charge < -0.3 is 10.4 Å². The number of alkyl halides is 3. The summed E-state index contributed by atoms with van der Waals surface area (Å²) in [6.45, 7) is 0.244. The maximum absolute atomic E-state index is 12.5. The van der Waals surface area contributed by atoms with Gasteiger partial charge in [0.05, 0.1) is 11.1 Å². The molecule has 4 nitrogen and oxygen atoms in total. The molecule has 0 aliphatic rings. The van der Waals surface area contributed by atoms with Crippen LogP contribution < -0.4 is 5.32 Å². The first kappa shape index (κ1) is 14.8. The van der Waals surface area contributed by atoms with Gasteiger partial charge in [-0.15, -0.1) is 0 Å². The van der Waals surface area contributed by atoms with Crippen LogP contribution in [0.1, 0.15) is 21.5 Å². The van der Waals surface area contributed by atoms with Crippen molar-refractivity contribution < 1.29 is 23.1 Å². The fraction of sp³-hybridized carbons (Fsp3) is 0.143. The van der Waals surface area contributed by atoms with Gasteiger partial charge in [-0.05, 0) is 29.8 Å². The number of benzene rings is 1. The number of hydrogen-bond donors (Lipinski definition) is 2. The lowest BCUT2D eigenvalue weighted by Gasteiger charge is -2.10. The van der Waals surface area contributed by atoms with E-state index >= 15 is 0 Å². The van der Waals surface area contributed by atoms with E-state index in [1.807, 2.05) is 0 Å². The number of hydrogen-bond acceptors (Lipinski definition) is 3. The lowest BCUT2D eigenvalue weighted by Crippen LogP contribution is -2.07. The van der Waals surface area contributed by atoms with Gasteiger partial charge in [0, 0.05) is 12.7 Å². The molecule has 2 aromatic rings. The molecular formula is C14H11F3N2O2. The highest BCUT2D eigenvalue weighted by Crippen LogP contribution is 2.29. The first-order chi connectivity index (χ1) is 9.86. The highest BCUT2D eigenvalue weighted by atomic mass is 19.4. The number of nitrogens with one attached hydrogen (secondary N) is 1. The summed E-state index contributed by atoms with van der Waals surface area (Å²) in [5.74, 6) is -0.929. The van der Waals surface area contributed by atoms with Crippen LogP contribution in [0.5, 0.6) is 0 Å². The zero-order valence-electron chi connectivity index (χ0n) is 10.7. The van der Waals surface area contributed by atoms with E-state index in [4.69, 9.17) is 5.11 Å². The Morgan fingerprint density at radius 2 is 1.86 bits per heavy atom. The molecule has 0 unspecified atom stereocenters. The Morgan fingerprint density at radius 1 is 1.19 bits per heavy atom. The van der Waals surface area contributed by atoms with E-state index in [0.717, 1.165) is 23.9 Å². The third kappa shape index (κ3) is 3.95. The molecule has 7 heteroatoms. The van der Waals surface area contributed by atoms with Gasteiger partial charge in [-0.25, -0.2) is 9.78 Å². The molecule has 0 spiro atoms. The molecule has 0 amide bonds. The molecular weight excluding hydrogens is 285 g/mol. The van der Waals surface area contributed by atoms with Crippen LogP contribution in [-0.2, 0) is 12.7 Å². The van der Waals surface area contributed by atoms with Crippen molar-refractivity contribution in [3.8, 4) is 0 Å². The molecule has 0 bridgehead atoms. The smallest absolute Gasteiger partial charge is 0.416 e. The number of carbonyl (C=O) groups is 1. The Morgan fingerprint density at radius 3 is 2.43 bits per heavy atom. The van der Waals surface area contributed by atoms with Crippen LogP contribution in [0.3, 0.4) is 0 Å². The van der Waals surface area contributed by atoms with Crippen LogP contribution in [-0.4, -0.2) is 16.1 Å². The molecule has 2 N–H and O–H groups in total. The normalized spacial score (nSPS) is 11.2. The second kappa shape index (κ2) is 5.82. The fourth-order valence-corrected chi connectivity index (χ4v) is 1.66. The Bertz CT molecular complexity index is 639. The van der Waals surface area contributed by atoms with Gasteiger partial charge in [0.25, 0.3) is 0 Å². The molecule has 21 heavy (non-hydrogen) atoms. The van der Waals surface area contributed by atoms with Crippen LogP contribution >= 0.6 is 0 Å². The standard InChI is InChI=1S/C14H11F3N2O2/c15-14(16,17)11-5-6-18-12(7-11)19-8-9-1-3-10(4-2-9)13(20)21/h1-7H,8H2,(H,18,19)(H,20,21). The minimum absolute atomic E-state index is 0.104. The number of aromatic nitrogens is 1. The van der Waals surface area contributed by atoms with Crippen LogP contribution in [0.2, 0.25) is 0 Å². The molecule has 1 aromatic heterocycles. The van der Waals surface area contributed by atoms with Gasteiger partial charge >= 0.3 is 12.1 Å². The van der Waals surface area contributed by atoms with Crippen molar-refractivity contribution in [2.45, 2.75) is 12.7 Å². The number of carboxylic acid groups (broad SMARTS) is 1. The van der Waals surface area contributed by atoms with Gasteiger partial charge in [0.2, 0.25) is 0 Å². The highest BCUT2D eigenvalue weighted by Gasteiger charge is 2.30. The number of halogens is 3. The zero-order chi connectivity index (χ0) is 15.5. The van der Waals surface area contributed by atoms with Gasteiger partial charge in [-0.2, -0.15) is 13.2 Å². The lowest BCUT2D eigenvalue weighted by molar-refractivity contribution is -0.137. The highest BCUT2D eigenvalue weighted by molar-refractivity contribution is 5.87. The lowest BCUT2D eigenvalue weighted by atomic mass is 10.1. The summed E-state index contributed by atoms with van der Waals surface area (Å²) in [5.41, 5.74) is 0.108. The van der Waals surface area contributed by atoms with E-state index in [1.165, 1.54) is 12.1 Å². The minimum Gasteiger partial charge on any atom is -0.478 e. The maximum Gasteiger partial charge on any atom is 0.416 e. The molecule has 0 radical (unpaired) electrons. The third-order valence-corrected chi connectivity index (χ3v) is 2.76. The first-order valence-corrected chi connectivity index (χ1v) is 5.95. The second-order valence-electron chi connectivity index (χ2n) is 4.28. The van der Waals surface area contributed by atoms with Crippen molar-refractivity contribution in [3.63, 3.8) is 0 Å². The second-order valence-corrected chi connectivity index (χ2v) is 4.28. The number of aromatic carboxylic acids is 1. The summed E-state index contributed by atoms with van der Waals surface area (Å²) >= 11 is 0. The molecule has 1 heterocycles. The van der Waals surface area contributed by atoms with Crippen LogP contribution in [0.4, 0.5) is 19.0 Å². The number of pyridine rings is 1. The Hall–Kier alpha value is -2.57. The van der Waals surface area contributed by atoms with Crippen LogP contribution in [0, 0.1) is 0 Å². The van der Waals surface area contributed by atoms with E-state index in [1.54, 1.807) is 12.1 Å². The summed E-state index contributed by atoms with van der Waals surface area (Å²) in [4.78, 5) is 14.5. The summed E-state index contributed by atoms with van der Waals surface area (Å²) in [7, 11) is 0. The molecule has 2 rings (SSSR count). The van der Waals surface area contributed by atoms with Gasteiger partial charge in [0.15, 0.2) is 0 Å².